The number of carbonyl (C=O) groups excluding carboxylic acids is 1. The van der Waals surface area contributed by atoms with Crippen LogP contribution in [0.1, 0.15) is 20.8 Å². The van der Waals surface area contributed by atoms with Crippen molar-refractivity contribution < 1.29 is 18.3 Å². The Morgan fingerprint density at radius 1 is 1.36 bits per heavy atom. The summed E-state index contributed by atoms with van der Waals surface area (Å²) < 4.78 is 29.5. The minimum atomic E-state index is -2.30. The molecule has 0 spiro atoms. The van der Waals surface area contributed by atoms with Gasteiger partial charge in [0, 0.05) is 0 Å². The van der Waals surface area contributed by atoms with E-state index in [1.54, 1.807) is 20.8 Å². The highest BCUT2D eigenvalue weighted by Gasteiger charge is 2.43. The third kappa shape index (κ3) is 2.95. The van der Waals surface area contributed by atoms with Crippen LogP contribution >= 0.6 is 0 Å². The SMILES string of the molecule is CC(C)(C)OC(=O)C(C#N)(CF)CF. The number of nitrogens with zero attached hydrogens (tertiary/aromatic N) is 1. The van der Waals surface area contributed by atoms with Crippen molar-refractivity contribution in [2.45, 2.75) is 26.4 Å². The first-order valence-electron chi connectivity index (χ1n) is 4.08. The molecular weight excluding hydrogens is 192 g/mol. The number of nitriles is 1. The lowest BCUT2D eigenvalue weighted by Crippen LogP contribution is -2.40. The van der Waals surface area contributed by atoms with Gasteiger partial charge in [-0.15, -0.1) is 0 Å². The highest BCUT2D eigenvalue weighted by atomic mass is 19.1. The summed E-state index contributed by atoms with van der Waals surface area (Å²) in [5.74, 6) is -1.16. The second kappa shape index (κ2) is 4.36. The van der Waals surface area contributed by atoms with E-state index in [0.717, 1.165) is 0 Å². The molecule has 0 bridgehead atoms. The number of rotatable bonds is 3. The number of hydrogen-bond donors (Lipinski definition) is 0. The Bertz CT molecular complexity index is 249. The van der Waals surface area contributed by atoms with Crippen molar-refractivity contribution in [1.29, 1.82) is 5.26 Å². The zero-order chi connectivity index (χ0) is 11.4. The van der Waals surface area contributed by atoms with Gasteiger partial charge in [0.25, 0.3) is 0 Å². The molecule has 0 fully saturated rings. The molecule has 0 amide bonds. The Hall–Kier alpha value is -1.18. The third-order valence-electron chi connectivity index (χ3n) is 1.46. The van der Waals surface area contributed by atoms with Crippen molar-refractivity contribution in [3.05, 3.63) is 0 Å². The minimum Gasteiger partial charge on any atom is -0.459 e. The Balaban J connectivity index is 4.73. The van der Waals surface area contributed by atoms with Gasteiger partial charge in [0.1, 0.15) is 19.0 Å². The van der Waals surface area contributed by atoms with Gasteiger partial charge in [-0.2, -0.15) is 5.26 Å². The maximum Gasteiger partial charge on any atom is 0.332 e. The highest BCUT2D eigenvalue weighted by molar-refractivity contribution is 5.80. The van der Waals surface area contributed by atoms with E-state index in [2.05, 4.69) is 0 Å². The summed E-state index contributed by atoms with van der Waals surface area (Å²) in [6, 6.07) is 1.31. The summed E-state index contributed by atoms with van der Waals surface area (Å²) >= 11 is 0. The number of hydrogen-bond acceptors (Lipinski definition) is 3. The molecular formula is C9H13F2NO2. The van der Waals surface area contributed by atoms with Crippen LogP contribution in [0.3, 0.4) is 0 Å². The summed E-state index contributed by atoms with van der Waals surface area (Å²) in [6.45, 7) is 1.92. The normalized spacial score (nSPS) is 12.0. The first kappa shape index (κ1) is 12.8. The topological polar surface area (TPSA) is 50.1 Å². The largest absolute Gasteiger partial charge is 0.459 e. The number of esters is 1. The van der Waals surface area contributed by atoms with Gasteiger partial charge in [0.05, 0.1) is 6.07 Å². The maximum absolute atomic E-state index is 12.4. The van der Waals surface area contributed by atoms with E-state index in [1.807, 2.05) is 0 Å². The molecule has 0 aliphatic carbocycles. The Labute approximate surface area is 81.7 Å². The first-order valence-corrected chi connectivity index (χ1v) is 4.08. The van der Waals surface area contributed by atoms with Crippen LogP contribution in [0.2, 0.25) is 0 Å². The monoisotopic (exact) mass is 205 g/mol. The lowest BCUT2D eigenvalue weighted by molar-refractivity contribution is -0.165. The van der Waals surface area contributed by atoms with Gasteiger partial charge >= 0.3 is 5.97 Å². The molecule has 0 aliphatic rings. The van der Waals surface area contributed by atoms with Gasteiger partial charge in [-0.3, -0.25) is 4.79 Å². The fourth-order valence-corrected chi connectivity index (χ4v) is 0.626. The van der Waals surface area contributed by atoms with Crippen molar-refractivity contribution in [3.63, 3.8) is 0 Å². The molecule has 5 heteroatoms. The molecule has 0 aromatic carbocycles. The van der Waals surface area contributed by atoms with Crippen molar-refractivity contribution in [3.8, 4) is 6.07 Å². The standard InChI is InChI=1S/C9H13F2NO2/c1-8(2,3)14-7(13)9(4-10,5-11)6-12/h4-5H2,1-3H3. The molecule has 80 valence electrons. The molecule has 0 radical (unpaired) electrons. The quantitative estimate of drug-likeness (QED) is 0.660. The van der Waals surface area contributed by atoms with E-state index in [4.69, 9.17) is 10.00 Å². The van der Waals surface area contributed by atoms with E-state index in [9.17, 15) is 13.6 Å². The van der Waals surface area contributed by atoms with Gasteiger partial charge in [-0.1, -0.05) is 0 Å². The molecule has 0 aromatic heterocycles. The number of alkyl halides is 2. The van der Waals surface area contributed by atoms with Crippen molar-refractivity contribution in [2.75, 3.05) is 13.3 Å². The zero-order valence-electron chi connectivity index (χ0n) is 8.43. The molecule has 14 heavy (non-hydrogen) atoms. The average molecular weight is 205 g/mol. The van der Waals surface area contributed by atoms with Crippen LogP contribution in [0, 0.1) is 16.7 Å². The molecule has 0 saturated heterocycles. The van der Waals surface area contributed by atoms with Crippen LogP contribution in [0.25, 0.3) is 0 Å². The fourth-order valence-electron chi connectivity index (χ4n) is 0.626. The molecule has 3 nitrogen and oxygen atoms in total. The fraction of sp³-hybridized carbons (Fsp3) is 0.778. The third-order valence-corrected chi connectivity index (χ3v) is 1.46. The van der Waals surface area contributed by atoms with Crippen LogP contribution in [-0.2, 0) is 9.53 Å². The maximum atomic E-state index is 12.4. The van der Waals surface area contributed by atoms with Crippen LogP contribution < -0.4 is 0 Å². The Morgan fingerprint density at radius 3 is 2.00 bits per heavy atom. The molecule has 0 aromatic rings. The molecule has 0 rings (SSSR count). The predicted molar refractivity (Wildman–Crippen MR) is 45.8 cm³/mol. The smallest absolute Gasteiger partial charge is 0.332 e. The van der Waals surface area contributed by atoms with E-state index >= 15 is 0 Å². The van der Waals surface area contributed by atoms with E-state index in [-0.39, 0.29) is 0 Å². The summed E-state index contributed by atoms with van der Waals surface area (Å²) in [7, 11) is 0. The zero-order valence-corrected chi connectivity index (χ0v) is 8.43. The predicted octanol–water partition coefficient (Wildman–Crippen LogP) is 1.78. The van der Waals surface area contributed by atoms with Gasteiger partial charge in [-0.25, -0.2) is 8.78 Å². The van der Waals surface area contributed by atoms with Gasteiger partial charge in [-0.05, 0) is 20.8 Å². The Kier molecular flexibility index (Phi) is 3.99. The van der Waals surface area contributed by atoms with Crippen molar-refractivity contribution >= 4 is 5.97 Å². The van der Waals surface area contributed by atoms with Crippen LogP contribution in [0.4, 0.5) is 8.78 Å². The molecule has 0 heterocycles. The second-order valence-electron chi connectivity index (χ2n) is 3.96. The van der Waals surface area contributed by atoms with E-state index in [1.165, 1.54) is 6.07 Å². The number of ether oxygens (including phenoxy) is 1. The summed E-state index contributed by atoms with van der Waals surface area (Å²) in [5, 5.41) is 8.51. The number of carbonyl (C=O) groups is 1. The van der Waals surface area contributed by atoms with Gasteiger partial charge in [0.15, 0.2) is 0 Å². The minimum absolute atomic E-state index is 0.858. The van der Waals surface area contributed by atoms with E-state index < -0.39 is 30.3 Å². The second-order valence-corrected chi connectivity index (χ2v) is 3.96. The Morgan fingerprint density at radius 2 is 1.79 bits per heavy atom. The molecule has 0 N–H and O–H groups in total. The van der Waals surface area contributed by atoms with Crippen LogP contribution in [0.15, 0.2) is 0 Å². The molecule has 0 unspecified atom stereocenters. The summed E-state index contributed by atoms with van der Waals surface area (Å²) in [5.41, 5.74) is -3.16. The average Bonchev–Trinajstić information content (AvgIpc) is 2.05. The van der Waals surface area contributed by atoms with E-state index in [0.29, 0.717) is 0 Å². The van der Waals surface area contributed by atoms with Crippen molar-refractivity contribution in [1.82, 2.24) is 0 Å². The number of halogens is 2. The molecule has 0 aliphatic heterocycles. The molecule has 0 saturated carbocycles. The molecule has 0 atom stereocenters. The lowest BCUT2D eigenvalue weighted by Gasteiger charge is -2.25. The van der Waals surface area contributed by atoms with Crippen LogP contribution in [0.5, 0.6) is 0 Å². The highest BCUT2D eigenvalue weighted by Crippen LogP contribution is 2.23. The van der Waals surface area contributed by atoms with Gasteiger partial charge < -0.3 is 4.74 Å². The summed E-state index contributed by atoms with van der Waals surface area (Å²) in [4.78, 5) is 11.2. The van der Waals surface area contributed by atoms with Crippen molar-refractivity contribution in [2.24, 2.45) is 5.41 Å². The van der Waals surface area contributed by atoms with Gasteiger partial charge in [0.2, 0.25) is 5.41 Å². The lowest BCUT2D eigenvalue weighted by atomic mass is 9.93. The first-order chi connectivity index (χ1) is 6.31. The summed E-state index contributed by atoms with van der Waals surface area (Å²) in [6.07, 6.45) is 0. The van der Waals surface area contributed by atoms with Crippen LogP contribution in [-0.4, -0.2) is 24.9 Å².